The minimum Gasteiger partial charge on any atom is -0.490 e. The maximum absolute atomic E-state index is 5.81. The van der Waals surface area contributed by atoms with E-state index in [1.54, 1.807) is 0 Å². The average Bonchev–Trinajstić information content (AvgIpc) is 2.75. The molecular formula is C18H29NO2. The van der Waals surface area contributed by atoms with Crippen LogP contribution >= 0.6 is 0 Å². The molecule has 0 saturated carbocycles. The first-order valence-corrected chi connectivity index (χ1v) is 8.48. The second kappa shape index (κ2) is 8.93. The maximum Gasteiger partial charge on any atom is 0.161 e. The van der Waals surface area contributed by atoms with Gasteiger partial charge in [-0.15, -0.1) is 0 Å². The van der Waals surface area contributed by atoms with Crippen LogP contribution in [0.2, 0.25) is 0 Å². The number of hydrogen-bond donors (Lipinski definition) is 1. The van der Waals surface area contributed by atoms with Crippen molar-refractivity contribution in [2.45, 2.75) is 58.4 Å². The zero-order chi connectivity index (χ0) is 14.9. The van der Waals surface area contributed by atoms with Crippen LogP contribution in [0.15, 0.2) is 18.2 Å². The number of ether oxygens (including phenoxy) is 2. The number of hydrogen-bond acceptors (Lipinski definition) is 3. The van der Waals surface area contributed by atoms with E-state index in [0.717, 1.165) is 37.7 Å². The van der Waals surface area contributed by atoms with Crippen molar-refractivity contribution in [2.75, 3.05) is 19.8 Å². The molecule has 1 aromatic rings. The van der Waals surface area contributed by atoms with E-state index in [1.165, 1.54) is 37.7 Å². The molecule has 1 unspecified atom stereocenters. The summed E-state index contributed by atoms with van der Waals surface area (Å²) in [6, 6.07) is 6.82. The molecular weight excluding hydrogens is 262 g/mol. The number of rotatable bonds is 8. The molecule has 118 valence electrons. The summed E-state index contributed by atoms with van der Waals surface area (Å²) in [5, 5.41) is 3.60. The third-order valence-electron chi connectivity index (χ3n) is 3.97. The highest BCUT2D eigenvalue weighted by Crippen LogP contribution is 2.33. The lowest BCUT2D eigenvalue weighted by Crippen LogP contribution is -2.21. The van der Waals surface area contributed by atoms with Gasteiger partial charge in [0, 0.05) is 12.5 Å². The third kappa shape index (κ3) is 4.92. The first kappa shape index (κ1) is 16.2. The van der Waals surface area contributed by atoms with Crippen molar-refractivity contribution >= 4 is 0 Å². The van der Waals surface area contributed by atoms with E-state index >= 15 is 0 Å². The number of benzene rings is 1. The molecule has 1 aliphatic rings. The summed E-state index contributed by atoms with van der Waals surface area (Å²) in [5.74, 6) is 1.79. The quantitative estimate of drug-likeness (QED) is 0.717. The first-order valence-electron chi connectivity index (χ1n) is 8.48. The average molecular weight is 291 g/mol. The van der Waals surface area contributed by atoms with Crippen molar-refractivity contribution in [2.24, 2.45) is 0 Å². The van der Waals surface area contributed by atoms with Gasteiger partial charge in [0.15, 0.2) is 11.5 Å². The summed E-state index contributed by atoms with van der Waals surface area (Å²) in [6.07, 6.45) is 7.37. The summed E-state index contributed by atoms with van der Waals surface area (Å²) in [6.45, 7) is 6.92. The van der Waals surface area contributed by atoms with E-state index in [-0.39, 0.29) is 0 Å². The topological polar surface area (TPSA) is 30.5 Å². The van der Waals surface area contributed by atoms with Gasteiger partial charge in [-0.05, 0) is 30.7 Å². The van der Waals surface area contributed by atoms with Crippen LogP contribution in [0.25, 0.3) is 0 Å². The van der Waals surface area contributed by atoms with E-state index in [9.17, 15) is 0 Å². The van der Waals surface area contributed by atoms with Crippen LogP contribution < -0.4 is 14.8 Å². The van der Waals surface area contributed by atoms with Gasteiger partial charge in [-0.3, -0.25) is 0 Å². The van der Waals surface area contributed by atoms with E-state index in [0.29, 0.717) is 6.04 Å². The van der Waals surface area contributed by atoms with E-state index < -0.39 is 0 Å². The lowest BCUT2D eigenvalue weighted by Gasteiger charge is -2.20. The van der Waals surface area contributed by atoms with Gasteiger partial charge in [0.05, 0.1) is 13.2 Å². The Bertz CT molecular complexity index is 420. The largest absolute Gasteiger partial charge is 0.490 e. The summed E-state index contributed by atoms with van der Waals surface area (Å²) in [5.41, 5.74) is 1.32. The van der Waals surface area contributed by atoms with Gasteiger partial charge in [-0.1, -0.05) is 45.6 Å². The van der Waals surface area contributed by atoms with Crippen LogP contribution in [0.5, 0.6) is 11.5 Å². The summed E-state index contributed by atoms with van der Waals surface area (Å²) in [4.78, 5) is 0. The zero-order valence-corrected chi connectivity index (χ0v) is 13.5. The van der Waals surface area contributed by atoms with Crippen molar-refractivity contribution in [3.05, 3.63) is 23.8 Å². The highest BCUT2D eigenvalue weighted by atomic mass is 16.5. The molecule has 1 aromatic carbocycles. The highest BCUT2D eigenvalue weighted by molar-refractivity contribution is 5.44. The first-order chi connectivity index (χ1) is 10.3. The molecule has 0 amide bonds. The van der Waals surface area contributed by atoms with Crippen LogP contribution in [-0.2, 0) is 0 Å². The molecule has 0 bridgehead atoms. The van der Waals surface area contributed by atoms with Gasteiger partial charge in [0.2, 0.25) is 0 Å². The summed E-state index contributed by atoms with van der Waals surface area (Å²) in [7, 11) is 0. The Balaban J connectivity index is 2.03. The third-order valence-corrected chi connectivity index (χ3v) is 3.97. The minimum atomic E-state index is 0.420. The fraction of sp³-hybridized carbons (Fsp3) is 0.667. The molecule has 1 atom stereocenters. The zero-order valence-electron chi connectivity index (χ0n) is 13.5. The normalized spacial score (nSPS) is 15.5. The van der Waals surface area contributed by atoms with Gasteiger partial charge in [-0.25, -0.2) is 0 Å². The Morgan fingerprint density at radius 3 is 2.62 bits per heavy atom. The Kier molecular flexibility index (Phi) is 6.87. The second-order valence-corrected chi connectivity index (χ2v) is 5.72. The number of fused-ring (bicyclic) bond motifs is 1. The second-order valence-electron chi connectivity index (χ2n) is 5.72. The Labute approximate surface area is 129 Å². The van der Waals surface area contributed by atoms with Gasteiger partial charge in [0.25, 0.3) is 0 Å². The van der Waals surface area contributed by atoms with E-state index in [4.69, 9.17) is 9.47 Å². The molecule has 3 heteroatoms. The van der Waals surface area contributed by atoms with E-state index in [1.807, 2.05) is 0 Å². The standard InChI is InChI=1S/C18H29NO2/c1-3-5-6-7-9-16(19-4-2)15-10-11-17-18(14-15)21-13-8-12-20-17/h10-11,14,16,19H,3-9,12-13H2,1-2H3. The predicted molar refractivity (Wildman–Crippen MR) is 87.2 cm³/mol. The fourth-order valence-corrected chi connectivity index (χ4v) is 2.80. The van der Waals surface area contributed by atoms with Crippen molar-refractivity contribution < 1.29 is 9.47 Å². The molecule has 2 rings (SSSR count). The number of nitrogens with one attached hydrogen (secondary N) is 1. The van der Waals surface area contributed by atoms with Crippen LogP contribution in [0, 0.1) is 0 Å². The molecule has 1 N–H and O–H groups in total. The smallest absolute Gasteiger partial charge is 0.161 e. The molecule has 21 heavy (non-hydrogen) atoms. The fourth-order valence-electron chi connectivity index (χ4n) is 2.80. The summed E-state index contributed by atoms with van der Waals surface area (Å²) < 4.78 is 11.5. The predicted octanol–water partition coefficient (Wildman–Crippen LogP) is 4.47. The SMILES string of the molecule is CCCCCCC(NCC)c1ccc2c(c1)OCCCO2. The molecule has 3 nitrogen and oxygen atoms in total. The van der Waals surface area contributed by atoms with Crippen LogP contribution in [0.4, 0.5) is 0 Å². The van der Waals surface area contributed by atoms with Crippen molar-refractivity contribution in [3.63, 3.8) is 0 Å². The van der Waals surface area contributed by atoms with Crippen molar-refractivity contribution in [1.82, 2.24) is 5.32 Å². The Morgan fingerprint density at radius 1 is 1.05 bits per heavy atom. The van der Waals surface area contributed by atoms with Crippen molar-refractivity contribution in [3.8, 4) is 11.5 Å². The Hall–Kier alpha value is -1.22. The van der Waals surface area contributed by atoms with Crippen LogP contribution in [0.3, 0.4) is 0 Å². The van der Waals surface area contributed by atoms with Gasteiger partial charge in [-0.2, -0.15) is 0 Å². The maximum atomic E-state index is 5.81. The summed E-state index contributed by atoms with van der Waals surface area (Å²) >= 11 is 0. The molecule has 1 aliphatic heterocycles. The van der Waals surface area contributed by atoms with Crippen LogP contribution in [-0.4, -0.2) is 19.8 Å². The van der Waals surface area contributed by atoms with Crippen molar-refractivity contribution in [1.29, 1.82) is 0 Å². The molecule has 1 heterocycles. The minimum absolute atomic E-state index is 0.420. The lowest BCUT2D eigenvalue weighted by atomic mass is 9.99. The monoisotopic (exact) mass is 291 g/mol. The molecule has 0 aliphatic carbocycles. The molecule has 0 spiro atoms. The van der Waals surface area contributed by atoms with Gasteiger partial charge < -0.3 is 14.8 Å². The lowest BCUT2D eigenvalue weighted by molar-refractivity contribution is 0.297. The number of unbranched alkanes of at least 4 members (excludes halogenated alkanes) is 3. The Morgan fingerprint density at radius 2 is 1.86 bits per heavy atom. The molecule has 0 fully saturated rings. The van der Waals surface area contributed by atoms with Crippen LogP contribution in [0.1, 0.15) is 64.0 Å². The molecule has 0 saturated heterocycles. The molecule has 0 aromatic heterocycles. The van der Waals surface area contributed by atoms with E-state index in [2.05, 4.69) is 37.4 Å². The molecule has 0 radical (unpaired) electrons. The highest BCUT2D eigenvalue weighted by Gasteiger charge is 2.15. The van der Waals surface area contributed by atoms with Gasteiger partial charge >= 0.3 is 0 Å². The van der Waals surface area contributed by atoms with Gasteiger partial charge in [0.1, 0.15) is 0 Å².